The monoisotopic (exact) mass is 190 g/mol. The van der Waals surface area contributed by atoms with E-state index < -0.39 is 0 Å². The Balaban J connectivity index is 2.10. The molecule has 1 aliphatic rings. The lowest BCUT2D eigenvalue weighted by Gasteiger charge is -2.10. The van der Waals surface area contributed by atoms with Crippen LogP contribution in [-0.4, -0.2) is 26.2 Å². The number of benzene rings is 1. The molecule has 14 heavy (non-hydrogen) atoms. The van der Waals surface area contributed by atoms with Crippen LogP contribution in [0, 0.1) is 0 Å². The average molecular weight is 190 g/mol. The number of hydrogen-bond acceptors (Lipinski definition) is 2. The second-order valence-corrected chi connectivity index (χ2v) is 3.85. The highest BCUT2D eigenvalue weighted by Crippen LogP contribution is 2.30. The lowest BCUT2D eigenvalue weighted by Crippen LogP contribution is -2.17. The first kappa shape index (κ1) is 9.53. The Morgan fingerprint density at radius 3 is 2.93 bits per heavy atom. The summed E-state index contributed by atoms with van der Waals surface area (Å²) < 4.78 is 0. The van der Waals surface area contributed by atoms with Crippen LogP contribution in [0.25, 0.3) is 0 Å². The molecule has 76 valence electrons. The third-order valence-electron chi connectivity index (χ3n) is 2.84. The average Bonchev–Trinajstić information content (AvgIpc) is 2.98. The van der Waals surface area contributed by atoms with E-state index in [0.29, 0.717) is 6.04 Å². The molecule has 0 spiro atoms. The Hall–Kier alpha value is -1.02. The van der Waals surface area contributed by atoms with Crippen molar-refractivity contribution < 1.29 is 0 Å². The van der Waals surface area contributed by atoms with Gasteiger partial charge in [-0.2, -0.15) is 0 Å². The van der Waals surface area contributed by atoms with Gasteiger partial charge in [0.05, 0.1) is 6.04 Å². The van der Waals surface area contributed by atoms with E-state index >= 15 is 0 Å². The highest BCUT2D eigenvalue weighted by atomic mass is 15.3. The summed E-state index contributed by atoms with van der Waals surface area (Å²) in [4.78, 5) is 2.47. The summed E-state index contributed by atoms with van der Waals surface area (Å²) in [7, 11) is 2.02. The standard InChI is InChI=1S/C12H18N2/c1-3-10-6-4-5-7-12(10)14-9-11(14)8-13-2/h4-7,11,13H,3,8-9H2,1-2H3. The molecule has 1 heterocycles. The first-order valence-corrected chi connectivity index (χ1v) is 5.36. The Bertz CT molecular complexity index is 309. The summed E-state index contributed by atoms with van der Waals surface area (Å²) in [6.45, 7) is 4.52. The van der Waals surface area contributed by atoms with Crippen molar-refractivity contribution >= 4 is 5.69 Å². The molecule has 0 saturated carbocycles. The van der Waals surface area contributed by atoms with Crippen molar-refractivity contribution in [3.63, 3.8) is 0 Å². The van der Waals surface area contributed by atoms with Crippen LogP contribution >= 0.6 is 0 Å². The molecule has 1 aromatic rings. The largest absolute Gasteiger partial charge is 0.363 e. The van der Waals surface area contributed by atoms with Crippen LogP contribution in [0.4, 0.5) is 5.69 Å². The van der Waals surface area contributed by atoms with E-state index in [1.54, 1.807) is 0 Å². The zero-order valence-electron chi connectivity index (χ0n) is 8.96. The Morgan fingerprint density at radius 2 is 2.21 bits per heavy atom. The Kier molecular flexibility index (Phi) is 2.73. The molecule has 1 atom stereocenters. The molecule has 1 unspecified atom stereocenters. The van der Waals surface area contributed by atoms with E-state index in [4.69, 9.17) is 0 Å². The topological polar surface area (TPSA) is 15.0 Å². The molecule has 0 amide bonds. The van der Waals surface area contributed by atoms with Crippen LogP contribution in [-0.2, 0) is 6.42 Å². The predicted molar refractivity (Wildman–Crippen MR) is 60.9 cm³/mol. The second-order valence-electron chi connectivity index (χ2n) is 3.85. The van der Waals surface area contributed by atoms with Gasteiger partial charge in [0.15, 0.2) is 0 Å². The minimum atomic E-state index is 0.715. The Morgan fingerprint density at radius 1 is 1.43 bits per heavy atom. The number of para-hydroxylation sites is 1. The van der Waals surface area contributed by atoms with E-state index in [1.165, 1.54) is 17.8 Å². The van der Waals surface area contributed by atoms with Crippen LogP contribution < -0.4 is 10.2 Å². The minimum Gasteiger partial charge on any atom is -0.363 e. The molecular formula is C12H18N2. The number of hydrogen-bond donors (Lipinski definition) is 1. The van der Waals surface area contributed by atoms with E-state index in [1.807, 2.05) is 7.05 Å². The minimum absolute atomic E-state index is 0.715. The van der Waals surface area contributed by atoms with Gasteiger partial charge < -0.3 is 10.2 Å². The molecule has 1 aliphatic heterocycles. The molecule has 1 aromatic carbocycles. The van der Waals surface area contributed by atoms with Gasteiger partial charge in [0.1, 0.15) is 0 Å². The molecule has 0 radical (unpaired) electrons. The van der Waals surface area contributed by atoms with Crippen LogP contribution in [0.5, 0.6) is 0 Å². The van der Waals surface area contributed by atoms with Crippen molar-refractivity contribution in [2.45, 2.75) is 19.4 Å². The summed E-state index contributed by atoms with van der Waals surface area (Å²) in [5, 5.41) is 3.23. The van der Waals surface area contributed by atoms with Gasteiger partial charge in [-0.3, -0.25) is 0 Å². The van der Waals surface area contributed by atoms with Crippen molar-refractivity contribution in [2.75, 3.05) is 25.0 Å². The molecule has 0 aromatic heterocycles. The number of nitrogens with one attached hydrogen (secondary N) is 1. The molecule has 1 N–H and O–H groups in total. The van der Waals surface area contributed by atoms with Crippen molar-refractivity contribution in [3.05, 3.63) is 29.8 Å². The summed E-state index contributed by atoms with van der Waals surface area (Å²) in [6.07, 6.45) is 1.12. The van der Waals surface area contributed by atoms with E-state index in [0.717, 1.165) is 13.0 Å². The first-order chi connectivity index (χ1) is 6.86. The molecule has 1 fully saturated rings. The van der Waals surface area contributed by atoms with Gasteiger partial charge in [0, 0.05) is 18.8 Å². The van der Waals surface area contributed by atoms with Crippen LogP contribution in [0.2, 0.25) is 0 Å². The smallest absolute Gasteiger partial charge is 0.0590 e. The zero-order valence-corrected chi connectivity index (χ0v) is 8.96. The fourth-order valence-corrected chi connectivity index (χ4v) is 1.98. The molecule has 0 aliphatic carbocycles. The van der Waals surface area contributed by atoms with Gasteiger partial charge in [0.2, 0.25) is 0 Å². The van der Waals surface area contributed by atoms with Crippen molar-refractivity contribution in [2.24, 2.45) is 0 Å². The van der Waals surface area contributed by atoms with E-state index in [-0.39, 0.29) is 0 Å². The quantitative estimate of drug-likeness (QED) is 0.726. The van der Waals surface area contributed by atoms with Crippen molar-refractivity contribution in [3.8, 4) is 0 Å². The first-order valence-electron chi connectivity index (χ1n) is 5.36. The van der Waals surface area contributed by atoms with Gasteiger partial charge in [-0.25, -0.2) is 0 Å². The maximum atomic E-state index is 3.23. The summed E-state index contributed by atoms with van der Waals surface area (Å²) >= 11 is 0. The highest BCUT2D eigenvalue weighted by Gasteiger charge is 2.33. The molecule has 2 nitrogen and oxygen atoms in total. The lowest BCUT2D eigenvalue weighted by molar-refractivity contribution is 0.790. The molecule has 2 rings (SSSR count). The van der Waals surface area contributed by atoms with E-state index in [2.05, 4.69) is 41.4 Å². The maximum absolute atomic E-state index is 3.23. The predicted octanol–water partition coefficient (Wildman–Crippen LogP) is 1.66. The third kappa shape index (κ3) is 1.75. The zero-order chi connectivity index (χ0) is 9.97. The van der Waals surface area contributed by atoms with E-state index in [9.17, 15) is 0 Å². The summed E-state index contributed by atoms with van der Waals surface area (Å²) in [5.74, 6) is 0. The van der Waals surface area contributed by atoms with Gasteiger partial charge in [0.25, 0.3) is 0 Å². The van der Waals surface area contributed by atoms with Gasteiger partial charge >= 0.3 is 0 Å². The van der Waals surface area contributed by atoms with Gasteiger partial charge in [-0.05, 0) is 25.1 Å². The number of anilines is 1. The third-order valence-corrected chi connectivity index (χ3v) is 2.84. The molecule has 2 heteroatoms. The number of nitrogens with zero attached hydrogens (tertiary/aromatic N) is 1. The fraction of sp³-hybridized carbons (Fsp3) is 0.500. The highest BCUT2D eigenvalue weighted by molar-refractivity contribution is 5.59. The van der Waals surface area contributed by atoms with Crippen LogP contribution in [0.1, 0.15) is 12.5 Å². The number of aryl methyl sites for hydroxylation is 1. The van der Waals surface area contributed by atoms with Gasteiger partial charge in [-0.15, -0.1) is 0 Å². The fourth-order valence-electron chi connectivity index (χ4n) is 1.98. The molecule has 0 bridgehead atoms. The Labute approximate surface area is 85.9 Å². The van der Waals surface area contributed by atoms with Crippen molar-refractivity contribution in [1.82, 2.24) is 5.32 Å². The van der Waals surface area contributed by atoms with Crippen LogP contribution in [0.15, 0.2) is 24.3 Å². The molecular weight excluding hydrogens is 172 g/mol. The SMILES string of the molecule is CCc1ccccc1N1CC1CNC. The number of likely N-dealkylation sites (N-methyl/N-ethyl adjacent to an activating group) is 1. The second kappa shape index (κ2) is 4.01. The lowest BCUT2D eigenvalue weighted by atomic mass is 10.1. The maximum Gasteiger partial charge on any atom is 0.0590 e. The normalized spacial score (nSPS) is 19.9. The van der Waals surface area contributed by atoms with Gasteiger partial charge in [-0.1, -0.05) is 25.1 Å². The van der Waals surface area contributed by atoms with Crippen molar-refractivity contribution in [1.29, 1.82) is 0 Å². The van der Waals surface area contributed by atoms with Crippen LogP contribution in [0.3, 0.4) is 0 Å². The summed E-state index contributed by atoms with van der Waals surface area (Å²) in [5.41, 5.74) is 2.89. The summed E-state index contributed by atoms with van der Waals surface area (Å²) in [6, 6.07) is 9.42. The molecule has 1 saturated heterocycles. The number of rotatable bonds is 4.